The fraction of sp³-hybridized carbons (Fsp3) is 0.286. The average Bonchev–Trinajstić information content (AvgIpc) is 3.07. The predicted molar refractivity (Wildman–Crippen MR) is 97.9 cm³/mol. The number of amides is 1. The largest absolute Gasteiger partial charge is 0.454 e. The highest BCUT2D eigenvalue weighted by Crippen LogP contribution is 2.37. The Kier molecular flexibility index (Phi) is 5.08. The number of ether oxygens (including phenoxy) is 2. The van der Waals surface area contributed by atoms with Crippen LogP contribution in [0.4, 0.5) is 0 Å². The Morgan fingerprint density at radius 1 is 1.12 bits per heavy atom. The van der Waals surface area contributed by atoms with E-state index in [0.717, 1.165) is 28.2 Å². The first-order valence-corrected chi connectivity index (χ1v) is 8.37. The third-order valence-electron chi connectivity index (χ3n) is 4.31. The number of carbonyl (C=O) groups excluding carboxylic acids is 1. The van der Waals surface area contributed by atoms with E-state index in [1.807, 2.05) is 50.4 Å². The van der Waals surface area contributed by atoms with Crippen molar-refractivity contribution in [2.24, 2.45) is 0 Å². The Balaban J connectivity index is 1.88. The van der Waals surface area contributed by atoms with Crippen LogP contribution in [0.1, 0.15) is 30.4 Å². The molecule has 2 aromatic rings. The molecule has 0 aromatic heterocycles. The van der Waals surface area contributed by atoms with Crippen molar-refractivity contribution < 1.29 is 14.3 Å². The molecule has 0 saturated heterocycles. The van der Waals surface area contributed by atoms with Crippen molar-refractivity contribution >= 4 is 5.91 Å². The highest BCUT2D eigenvalue weighted by molar-refractivity contribution is 5.78. The Labute approximate surface area is 148 Å². The molecule has 1 heterocycles. The lowest BCUT2D eigenvalue weighted by Crippen LogP contribution is -2.29. The van der Waals surface area contributed by atoms with Crippen molar-refractivity contribution in [1.82, 2.24) is 4.90 Å². The van der Waals surface area contributed by atoms with Crippen molar-refractivity contribution in [3.05, 3.63) is 71.8 Å². The van der Waals surface area contributed by atoms with Gasteiger partial charge in [0.2, 0.25) is 12.7 Å². The van der Waals surface area contributed by atoms with Crippen molar-refractivity contribution in [3.8, 4) is 11.5 Å². The number of fused-ring (bicyclic) bond motifs is 1. The van der Waals surface area contributed by atoms with Crippen LogP contribution in [-0.2, 0) is 4.79 Å². The molecule has 130 valence electrons. The zero-order chi connectivity index (χ0) is 17.8. The van der Waals surface area contributed by atoms with Gasteiger partial charge in [0.1, 0.15) is 0 Å². The SMILES string of the molecule is C=C(C)CN(C)C(=O)CC(c1ccccc1)c1ccc2c(c1)OCO2. The summed E-state index contributed by atoms with van der Waals surface area (Å²) in [5.74, 6) is 1.55. The molecule has 0 N–H and O–H groups in total. The minimum Gasteiger partial charge on any atom is -0.454 e. The van der Waals surface area contributed by atoms with Gasteiger partial charge in [-0.3, -0.25) is 4.79 Å². The van der Waals surface area contributed by atoms with E-state index in [4.69, 9.17) is 9.47 Å². The summed E-state index contributed by atoms with van der Waals surface area (Å²) in [6, 6.07) is 16.0. The van der Waals surface area contributed by atoms with Gasteiger partial charge in [0.05, 0.1) is 0 Å². The fourth-order valence-electron chi connectivity index (χ4n) is 3.07. The second kappa shape index (κ2) is 7.43. The molecular weight excluding hydrogens is 314 g/mol. The molecule has 4 nitrogen and oxygen atoms in total. The normalized spacial score (nSPS) is 13.4. The van der Waals surface area contributed by atoms with Crippen LogP contribution in [0.2, 0.25) is 0 Å². The first-order valence-electron chi connectivity index (χ1n) is 8.37. The quantitative estimate of drug-likeness (QED) is 0.749. The van der Waals surface area contributed by atoms with Crippen molar-refractivity contribution in [3.63, 3.8) is 0 Å². The summed E-state index contributed by atoms with van der Waals surface area (Å²) in [5.41, 5.74) is 3.13. The van der Waals surface area contributed by atoms with Crippen molar-refractivity contribution in [2.45, 2.75) is 19.3 Å². The molecule has 1 aliphatic heterocycles. The second-order valence-corrected chi connectivity index (χ2v) is 6.49. The number of benzene rings is 2. The minimum atomic E-state index is -0.0317. The van der Waals surface area contributed by atoms with Gasteiger partial charge in [-0.2, -0.15) is 0 Å². The molecule has 0 bridgehead atoms. The number of nitrogens with zero attached hydrogens (tertiary/aromatic N) is 1. The summed E-state index contributed by atoms with van der Waals surface area (Å²) in [7, 11) is 1.82. The van der Waals surface area contributed by atoms with Gasteiger partial charge >= 0.3 is 0 Å². The van der Waals surface area contributed by atoms with Gasteiger partial charge in [-0.05, 0) is 30.2 Å². The number of rotatable bonds is 6. The highest BCUT2D eigenvalue weighted by atomic mass is 16.7. The molecule has 0 spiro atoms. The summed E-state index contributed by atoms with van der Waals surface area (Å²) in [6.45, 7) is 6.63. The Bertz CT molecular complexity index is 770. The molecule has 1 aliphatic rings. The van der Waals surface area contributed by atoms with Gasteiger partial charge in [-0.15, -0.1) is 0 Å². The van der Waals surface area contributed by atoms with Crippen LogP contribution >= 0.6 is 0 Å². The third-order valence-corrected chi connectivity index (χ3v) is 4.31. The Hall–Kier alpha value is -2.75. The van der Waals surface area contributed by atoms with Gasteiger partial charge < -0.3 is 14.4 Å². The van der Waals surface area contributed by atoms with Crippen LogP contribution < -0.4 is 9.47 Å². The summed E-state index contributed by atoms with van der Waals surface area (Å²) in [4.78, 5) is 14.4. The smallest absolute Gasteiger partial charge is 0.231 e. The number of carbonyl (C=O) groups is 1. The van der Waals surface area contributed by atoms with Gasteiger partial charge in [-0.25, -0.2) is 0 Å². The van der Waals surface area contributed by atoms with E-state index < -0.39 is 0 Å². The van der Waals surface area contributed by atoms with Gasteiger partial charge in [-0.1, -0.05) is 48.6 Å². The maximum atomic E-state index is 12.7. The lowest BCUT2D eigenvalue weighted by atomic mass is 9.88. The third kappa shape index (κ3) is 4.02. The van der Waals surface area contributed by atoms with Crippen molar-refractivity contribution in [2.75, 3.05) is 20.4 Å². The monoisotopic (exact) mass is 337 g/mol. The molecule has 1 amide bonds. The number of hydrogen-bond acceptors (Lipinski definition) is 3. The molecule has 1 unspecified atom stereocenters. The molecule has 1 atom stereocenters. The summed E-state index contributed by atoms with van der Waals surface area (Å²) in [5, 5.41) is 0. The Morgan fingerprint density at radius 2 is 1.84 bits per heavy atom. The van der Waals surface area contributed by atoms with Crippen LogP contribution in [0.15, 0.2) is 60.7 Å². The Morgan fingerprint density at radius 3 is 2.56 bits per heavy atom. The molecule has 3 rings (SSSR count). The summed E-state index contributed by atoms with van der Waals surface area (Å²) >= 11 is 0. The van der Waals surface area contributed by atoms with Gasteiger partial charge in [0.15, 0.2) is 11.5 Å². The standard InChI is InChI=1S/C21H23NO3/c1-15(2)13-22(3)21(23)12-18(16-7-5-4-6-8-16)17-9-10-19-20(11-17)25-14-24-19/h4-11,18H,1,12-14H2,2-3H3. The predicted octanol–water partition coefficient (Wildman–Crippen LogP) is 3.97. The van der Waals surface area contributed by atoms with E-state index in [1.165, 1.54) is 0 Å². The molecule has 0 radical (unpaired) electrons. The van der Waals surface area contributed by atoms with E-state index in [2.05, 4.69) is 18.7 Å². The molecule has 2 aromatic carbocycles. The maximum absolute atomic E-state index is 12.7. The topological polar surface area (TPSA) is 38.8 Å². The lowest BCUT2D eigenvalue weighted by Gasteiger charge is -2.23. The molecule has 0 saturated carbocycles. The molecule has 0 fully saturated rings. The van der Waals surface area contributed by atoms with Crippen LogP contribution in [0.25, 0.3) is 0 Å². The first kappa shape index (κ1) is 17.1. The van der Waals surface area contributed by atoms with Gasteiger partial charge in [0, 0.05) is 25.9 Å². The zero-order valence-corrected chi connectivity index (χ0v) is 14.7. The fourth-order valence-corrected chi connectivity index (χ4v) is 3.07. The minimum absolute atomic E-state index is 0.0317. The lowest BCUT2D eigenvalue weighted by molar-refractivity contribution is -0.129. The first-order chi connectivity index (χ1) is 12.0. The van der Waals surface area contributed by atoms with E-state index in [1.54, 1.807) is 4.90 Å². The maximum Gasteiger partial charge on any atom is 0.231 e. The molecule has 0 aliphatic carbocycles. The van der Waals surface area contributed by atoms with E-state index in [9.17, 15) is 4.79 Å². The van der Waals surface area contributed by atoms with Crippen LogP contribution in [-0.4, -0.2) is 31.2 Å². The van der Waals surface area contributed by atoms with E-state index in [-0.39, 0.29) is 18.6 Å². The number of hydrogen-bond donors (Lipinski definition) is 0. The van der Waals surface area contributed by atoms with Crippen LogP contribution in [0, 0.1) is 0 Å². The van der Waals surface area contributed by atoms with Crippen molar-refractivity contribution in [1.29, 1.82) is 0 Å². The number of likely N-dealkylation sites (N-methyl/N-ethyl adjacent to an activating group) is 1. The summed E-state index contributed by atoms with van der Waals surface area (Å²) < 4.78 is 10.9. The van der Waals surface area contributed by atoms with E-state index in [0.29, 0.717) is 13.0 Å². The molecule has 4 heteroatoms. The van der Waals surface area contributed by atoms with Gasteiger partial charge in [0.25, 0.3) is 0 Å². The summed E-state index contributed by atoms with van der Waals surface area (Å²) in [6.07, 6.45) is 0.396. The van der Waals surface area contributed by atoms with Crippen LogP contribution in [0.3, 0.4) is 0 Å². The van der Waals surface area contributed by atoms with E-state index >= 15 is 0 Å². The highest BCUT2D eigenvalue weighted by Gasteiger charge is 2.23. The average molecular weight is 337 g/mol. The second-order valence-electron chi connectivity index (χ2n) is 6.49. The van der Waals surface area contributed by atoms with Crippen LogP contribution in [0.5, 0.6) is 11.5 Å². The molecular formula is C21H23NO3. The molecule has 25 heavy (non-hydrogen) atoms. The zero-order valence-electron chi connectivity index (χ0n) is 14.7.